The van der Waals surface area contributed by atoms with Gasteiger partial charge in [0.2, 0.25) is 0 Å². The Morgan fingerprint density at radius 2 is 1.94 bits per heavy atom. The van der Waals surface area contributed by atoms with Crippen molar-refractivity contribution < 1.29 is 14.1 Å². The Labute approximate surface area is 220 Å². The van der Waals surface area contributed by atoms with Gasteiger partial charge in [-0.15, -0.1) is 11.3 Å². The number of fused-ring (bicyclic) bond motifs is 1. The predicted octanol–water partition coefficient (Wildman–Crippen LogP) is 7.24. The number of nitro groups is 1. The standard InChI is InChI=1S/C27H22BrN3O4S/c28-22-14-18(31(33)34)10-12-20(22)23-13-11-19(35-23)16-30-27-25(21-8-4-5-9-24(21)36-27)26(32)29-15-17-6-2-1-3-7-17/h1-3,6-7,10-14,16H,4-5,8-9,15H2,(H,29,32)/b30-16+. The number of hydrogen-bond donors (Lipinski definition) is 1. The fourth-order valence-corrected chi connectivity index (χ4v) is 6.04. The molecule has 0 aliphatic heterocycles. The minimum Gasteiger partial charge on any atom is -0.455 e. The molecule has 0 bridgehead atoms. The smallest absolute Gasteiger partial charge is 0.270 e. The van der Waals surface area contributed by atoms with Crippen LogP contribution in [0.3, 0.4) is 0 Å². The molecule has 182 valence electrons. The number of nitro benzene ring substituents is 1. The van der Waals surface area contributed by atoms with Crippen LogP contribution in [0.1, 0.15) is 45.0 Å². The van der Waals surface area contributed by atoms with E-state index >= 15 is 0 Å². The molecule has 2 aromatic heterocycles. The lowest BCUT2D eigenvalue weighted by atomic mass is 9.95. The predicted molar refractivity (Wildman–Crippen MR) is 144 cm³/mol. The molecule has 0 fully saturated rings. The summed E-state index contributed by atoms with van der Waals surface area (Å²) in [4.78, 5) is 29.7. The first-order chi connectivity index (χ1) is 17.5. The molecule has 0 saturated carbocycles. The highest BCUT2D eigenvalue weighted by Crippen LogP contribution is 2.40. The molecule has 1 N–H and O–H groups in total. The van der Waals surface area contributed by atoms with Crippen LogP contribution in [-0.4, -0.2) is 17.0 Å². The number of non-ortho nitro benzene ring substituents is 1. The van der Waals surface area contributed by atoms with Gasteiger partial charge in [-0.3, -0.25) is 14.9 Å². The van der Waals surface area contributed by atoms with E-state index in [1.54, 1.807) is 35.8 Å². The van der Waals surface area contributed by atoms with Gasteiger partial charge in [-0.1, -0.05) is 30.3 Å². The van der Waals surface area contributed by atoms with Gasteiger partial charge in [0.05, 0.1) is 16.7 Å². The lowest BCUT2D eigenvalue weighted by Gasteiger charge is -2.12. The average molecular weight is 564 g/mol. The summed E-state index contributed by atoms with van der Waals surface area (Å²) in [7, 11) is 0. The second kappa shape index (κ2) is 10.6. The third kappa shape index (κ3) is 5.17. The van der Waals surface area contributed by atoms with Crippen LogP contribution in [0.15, 0.2) is 74.5 Å². The highest BCUT2D eigenvalue weighted by molar-refractivity contribution is 9.10. The van der Waals surface area contributed by atoms with Crippen molar-refractivity contribution in [3.05, 3.63) is 103 Å². The van der Waals surface area contributed by atoms with Crippen LogP contribution in [0.4, 0.5) is 10.7 Å². The van der Waals surface area contributed by atoms with E-state index in [0.29, 0.717) is 38.7 Å². The van der Waals surface area contributed by atoms with Crippen molar-refractivity contribution in [2.45, 2.75) is 32.2 Å². The van der Waals surface area contributed by atoms with Crippen molar-refractivity contribution in [1.29, 1.82) is 0 Å². The second-order valence-electron chi connectivity index (χ2n) is 8.44. The molecule has 9 heteroatoms. The Balaban J connectivity index is 1.39. The Kier molecular flexibility index (Phi) is 7.11. The Hall–Kier alpha value is -3.56. The van der Waals surface area contributed by atoms with Gasteiger partial charge in [-0.25, -0.2) is 4.99 Å². The summed E-state index contributed by atoms with van der Waals surface area (Å²) in [6.07, 6.45) is 5.65. The quantitative estimate of drug-likeness (QED) is 0.145. The summed E-state index contributed by atoms with van der Waals surface area (Å²) in [5.74, 6) is 0.974. The van der Waals surface area contributed by atoms with E-state index in [0.717, 1.165) is 36.8 Å². The summed E-state index contributed by atoms with van der Waals surface area (Å²) in [5.41, 5.74) is 3.51. The number of carbonyl (C=O) groups excluding carboxylic acids is 1. The SMILES string of the molecule is O=C(NCc1ccccc1)c1c(/N=C/c2ccc(-c3ccc([N+](=O)[O-])cc3Br)o2)sc2c1CCCC2. The van der Waals surface area contributed by atoms with Gasteiger partial charge in [0.1, 0.15) is 16.5 Å². The number of aryl methyl sites for hydroxylation is 1. The molecule has 0 unspecified atom stereocenters. The van der Waals surface area contributed by atoms with Crippen molar-refractivity contribution >= 4 is 50.1 Å². The van der Waals surface area contributed by atoms with Gasteiger partial charge in [0.25, 0.3) is 11.6 Å². The van der Waals surface area contributed by atoms with Gasteiger partial charge < -0.3 is 9.73 Å². The second-order valence-corrected chi connectivity index (χ2v) is 10.4. The van der Waals surface area contributed by atoms with Crippen molar-refractivity contribution in [2.24, 2.45) is 4.99 Å². The summed E-state index contributed by atoms with van der Waals surface area (Å²) >= 11 is 4.96. The Morgan fingerprint density at radius 1 is 1.14 bits per heavy atom. The minimum absolute atomic E-state index is 0.00120. The zero-order chi connectivity index (χ0) is 25.1. The Bertz CT molecular complexity index is 1460. The number of amides is 1. The molecule has 0 spiro atoms. The normalized spacial score (nSPS) is 13.0. The van der Waals surface area contributed by atoms with E-state index in [4.69, 9.17) is 4.42 Å². The molecule has 1 aliphatic carbocycles. The van der Waals surface area contributed by atoms with Gasteiger partial charge >= 0.3 is 0 Å². The zero-order valence-electron chi connectivity index (χ0n) is 19.2. The highest BCUT2D eigenvalue weighted by Gasteiger charge is 2.25. The number of furan rings is 1. The molecular weight excluding hydrogens is 542 g/mol. The molecule has 2 aromatic carbocycles. The van der Waals surface area contributed by atoms with Crippen molar-refractivity contribution in [3.8, 4) is 11.3 Å². The minimum atomic E-state index is -0.441. The van der Waals surface area contributed by atoms with E-state index in [1.807, 2.05) is 30.3 Å². The number of aliphatic imine (C=N–C) groups is 1. The molecule has 0 atom stereocenters. The number of nitrogens with zero attached hydrogens (tertiary/aromatic N) is 2. The summed E-state index contributed by atoms with van der Waals surface area (Å²) in [6, 6.07) is 17.9. The lowest BCUT2D eigenvalue weighted by molar-refractivity contribution is -0.384. The van der Waals surface area contributed by atoms with Crippen LogP contribution < -0.4 is 5.32 Å². The Morgan fingerprint density at radius 3 is 2.72 bits per heavy atom. The maximum absolute atomic E-state index is 13.2. The van der Waals surface area contributed by atoms with E-state index in [2.05, 4.69) is 26.2 Å². The molecule has 7 nitrogen and oxygen atoms in total. The third-order valence-electron chi connectivity index (χ3n) is 6.04. The van der Waals surface area contributed by atoms with Crippen LogP contribution in [-0.2, 0) is 19.4 Å². The van der Waals surface area contributed by atoms with Gasteiger partial charge in [-0.05, 0) is 70.9 Å². The first-order valence-electron chi connectivity index (χ1n) is 11.5. The van der Waals surface area contributed by atoms with Crippen molar-refractivity contribution in [3.63, 3.8) is 0 Å². The maximum atomic E-state index is 13.2. The maximum Gasteiger partial charge on any atom is 0.270 e. The molecule has 2 heterocycles. The third-order valence-corrected chi connectivity index (χ3v) is 7.90. The van der Waals surface area contributed by atoms with E-state index in [9.17, 15) is 14.9 Å². The number of rotatable bonds is 7. The van der Waals surface area contributed by atoms with E-state index in [1.165, 1.54) is 17.0 Å². The van der Waals surface area contributed by atoms with Crippen LogP contribution in [0, 0.1) is 10.1 Å². The molecule has 0 saturated heterocycles. The average Bonchev–Trinajstić information content (AvgIpc) is 3.51. The zero-order valence-corrected chi connectivity index (χ0v) is 21.6. The summed E-state index contributed by atoms with van der Waals surface area (Å²) in [6.45, 7) is 0.457. The molecule has 5 rings (SSSR count). The molecule has 1 aliphatic rings. The van der Waals surface area contributed by atoms with Crippen LogP contribution >= 0.6 is 27.3 Å². The largest absolute Gasteiger partial charge is 0.455 e. The molecule has 0 radical (unpaired) electrons. The fraction of sp³-hybridized carbons (Fsp3) is 0.185. The number of benzene rings is 2. The number of halogens is 1. The van der Waals surface area contributed by atoms with E-state index in [-0.39, 0.29) is 11.6 Å². The highest BCUT2D eigenvalue weighted by atomic mass is 79.9. The first-order valence-corrected chi connectivity index (χ1v) is 13.2. The first kappa shape index (κ1) is 24.1. The van der Waals surface area contributed by atoms with E-state index < -0.39 is 4.92 Å². The van der Waals surface area contributed by atoms with Gasteiger partial charge in [-0.2, -0.15) is 0 Å². The van der Waals surface area contributed by atoms with Crippen LogP contribution in [0.25, 0.3) is 11.3 Å². The van der Waals surface area contributed by atoms with Gasteiger partial charge in [0, 0.05) is 33.6 Å². The van der Waals surface area contributed by atoms with Crippen molar-refractivity contribution in [1.82, 2.24) is 5.32 Å². The van der Waals surface area contributed by atoms with Crippen molar-refractivity contribution in [2.75, 3.05) is 0 Å². The number of carbonyl (C=O) groups is 1. The molecule has 4 aromatic rings. The number of hydrogen-bond acceptors (Lipinski definition) is 6. The number of thiophene rings is 1. The number of nitrogens with one attached hydrogen (secondary N) is 1. The summed E-state index contributed by atoms with van der Waals surface area (Å²) < 4.78 is 6.50. The topological polar surface area (TPSA) is 97.7 Å². The molecule has 36 heavy (non-hydrogen) atoms. The molecule has 1 amide bonds. The van der Waals surface area contributed by atoms with Gasteiger partial charge in [0.15, 0.2) is 0 Å². The summed E-state index contributed by atoms with van der Waals surface area (Å²) in [5, 5.41) is 14.7. The molecular formula is C27H22BrN3O4S. The lowest BCUT2D eigenvalue weighted by Crippen LogP contribution is -2.24. The van der Waals surface area contributed by atoms with Crippen LogP contribution in [0.2, 0.25) is 0 Å². The fourth-order valence-electron chi connectivity index (χ4n) is 4.25. The van der Waals surface area contributed by atoms with Crippen LogP contribution in [0.5, 0.6) is 0 Å². The monoisotopic (exact) mass is 563 g/mol.